The Bertz CT molecular complexity index is 823. The third-order valence-corrected chi connectivity index (χ3v) is 6.60. The standard InChI is InChI=1S/C19H25N5O3/c1-11-20-16(26-22-11)10-17(25)24-6-4-13(5-7-24)19-21-18(23-27-19)15-9-12-2-3-14(15)8-12/h12-15H,2-10H2,1H3. The van der Waals surface area contributed by atoms with E-state index in [0.717, 1.165) is 36.4 Å². The summed E-state index contributed by atoms with van der Waals surface area (Å²) in [5.74, 6) is 5.03. The molecule has 1 aliphatic heterocycles. The first-order valence-electron chi connectivity index (χ1n) is 10.1. The van der Waals surface area contributed by atoms with E-state index in [1.54, 1.807) is 6.92 Å². The second-order valence-corrected chi connectivity index (χ2v) is 8.34. The van der Waals surface area contributed by atoms with Crippen molar-refractivity contribution < 1.29 is 13.8 Å². The lowest BCUT2D eigenvalue weighted by atomic mass is 9.88. The zero-order valence-corrected chi connectivity index (χ0v) is 15.6. The first-order chi connectivity index (χ1) is 13.2. The van der Waals surface area contributed by atoms with Crippen molar-refractivity contribution in [2.24, 2.45) is 11.8 Å². The molecular weight excluding hydrogens is 346 g/mol. The Hall–Kier alpha value is -2.25. The molecular formula is C19H25N5O3. The molecule has 0 radical (unpaired) electrons. The lowest BCUT2D eigenvalue weighted by Gasteiger charge is -2.30. The molecule has 8 heteroatoms. The number of fused-ring (bicyclic) bond motifs is 2. The lowest BCUT2D eigenvalue weighted by Crippen LogP contribution is -2.38. The average Bonchev–Trinajstić information content (AvgIpc) is 3.46. The van der Waals surface area contributed by atoms with E-state index in [1.165, 1.54) is 25.7 Å². The van der Waals surface area contributed by atoms with Gasteiger partial charge >= 0.3 is 0 Å². The van der Waals surface area contributed by atoms with Crippen LogP contribution >= 0.6 is 0 Å². The minimum atomic E-state index is 0.0327. The summed E-state index contributed by atoms with van der Waals surface area (Å²) >= 11 is 0. The molecule has 2 aromatic heterocycles. The summed E-state index contributed by atoms with van der Waals surface area (Å²) in [7, 11) is 0. The monoisotopic (exact) mass is 371 g/mol. The number of carbonyl (C=O) groups excluding carboxylic acids is 1. The van der Waals surface area contributed by atoms with E-state index in [1.807, 2.05) is 4.90 Å². The number of likely N-dealkylation sites (tertiary alicyclic amines) is 1. The highest BCUT2D eigenvalue weighted by Gasteiger charge is 2.42. The number of hydrogen-bond donors (Lipinski definition) is 0. The molecule has 27 heavy (non-hydrogen) atoms. The molecule has 3 atom stereocenters. The van der Waals surface area contributed by atoms with Crippen molar-refractivity contribution in [3.8, 4) is 0 Å². The van der Waals surface area contributed by atoms with Crippen LogP contribution in [0.5, 0.6) is 0 Å². The maximum absolute atomic E-state index is 12.4. The van der Waals surface area contributed by atoms with Crippen LogP contribution in [0.2, 0.25) is 0 Å². The molecule has 2 saturated carbocycles. The molecule has 8 nitrogen and oxygen atoms in total. The van der Waals surface area contributed by atoms with Crippen molar-refractivity contribution in [3.05, 3.63) is 23.4 Å². The maximum Gasteiger partial charge on any atom is 0.236 e. The van der Waals surface area contributed by atoms with Crippen molar-refractivity contribution in [3.63, 3.8) is 0 Å². The number of rotatable bonds is 4. The summed E-state index contributed by atoms with van der Waals surface area (Å²) < 4.78 is 10.7. The Morgan fingerprint density at radius 1 is 1.07 bits per heavy atom. The minimum Gasteiger partial charge on any atom is -0.342 e. The summed E-state index contributed by atoms with van der Waals surface area (Å²) in [5.41, 5.74) is 0. The summed E-state index contributed by atoms with van der Waals surface area (Å²) in [6.07, 6.45) is 7.14. The van der Waals surface area contributed by atoms with E-state index in [2.05, 4.69) is 15.3 Å². The zero-order chi connectivity index (χ0) is 18.4. The van der Waals surface area contributed by atoms with E-state index < -0.39 is 0 Å². The van der Waals surface area contributed by atoms with E-state index in [9.17, 15) is 4.79 Å². The fourth-order valence-electron chi connectivity index (χ4n) is 5.15. The van der Waals surface area contributed by atoms with E-state index >= 15 is 0 Å². The fourth-order valence-corrected chi connectivity index (χ4v) is 5.15. The van der Waals surface area contributed by atoms with Crippen LogP contribution in [0.1, 0.15) is 73.8 Å². The van der Waals surface area contributed by atoms with Gasteiger partial charge in [0.15, 0.2) is 11.6 Å². The Balaban J connectivity index is 1.17. The molecule has 2 aliphatic carbocycles. The van der Waals surface area contributed by atoms with Crippen LogP contribution in [0, 0.1) is 18.8 Å². The zero-order valence-electron chi connectivity index (χ0n) is 15.6. The minimum absolute atomic E-state index is 0.0327. The van der Waals surface area contributed by atoms with Gasteiger partial charge in [0.1, 0.15) is 6.42 Å². The first kappa shape index (κ1) is 16.9. The highest BCUT2D eigenvalue weighted by atomic mass is 16.5. The van der Waals surface area contributed by atoms with Crippen LogP contribution in [0.25, 0.3) is 0 Å². The Morgan fingerprint density at radius 3 is 2.59 bits per heavy atom. The molecule has 144 valence electrons. The number of piperidine rings is 1. The Labute approximate surface area is 157 Å². The maximum atomic E-state index is 12.4. The van der Waals surface area contributed by atoms with Gasteiger partial charge in [0.05, 0.1) is 0 Å². The fraction of sp³-hybridized carbons (Fsp3) is 0.737. The summed E-state index contributed by atoms with van der Waals surface area (Å²) in [6.45, 7) is 3.14. The van der Waals surface area contributed by atoms with Crippen LogP contribution in [0.3, 0.4) is 0 Å². The molecule has 2 bridgehead atoms. The predicted molar refractivity (Wildman–Crippen MR) is 93.8 cm³/mol. The van der Waals surface area contributed by atoms with Gasteiger partial charge in [-0.1, -0.05) is 16.7 Å². The molecule has 1 amide bonds. The van der Waals surface area contributed by atoms with Gasteiger partial charge in [-0.2, -0.15) is 9.97 Å². The van der Waals surface area contributed by atoms with Crippen LogP contribution < -0.4 is 0 Å². The number of aromatic nitrogens is 4. The second kappa shape index (κ2) is 6.73. The Morgan fingerprint density at radius 2 is 1.93 bits per heavy atom. The number of aryl methyl sites for hydroxylation is 1. The quantitative estimate of drug-likeness (QED) is 0.814. The van der Waals surface area contributed by atoms with Crippen molar-refractivity contribution in [1.82, 2.24) is 25.2 Å². The second-order valence-electron chi connectivity index (χ2n) is 8.34. The molecule has 3 heterocycles. The SMILES string of the molecule is Cc1noc(CC(=O)N2CCC(c3nc(C4CC5CCC4C5)no3)CC2)n1. The molecule has 3 fully saturated rings. The topological polar surface area (TPSA) is 98.2 Å². The van der Waals surface area contributed by atoms with Gasteiger partial charge in [-0.15, -0.1) is 0 Å². The largest absolute Gasteiger partial charge is 0.342 e. The molecule has 5 rings (SSSR count). The van der Waals surface area contributed by atoms with Gasteiger partial charge in [0.25, 0.3) is 0 Å². The molecule has 0 N–H and O–H groups in total. The highest BCUT2D eigenvalue weighted by Crippen LogP contribution is 2.52. The number of amides is 1. The van der Waals surface area contributed by atoms with Gasteiger partial charge in [0, 0.05) is 24.9 Å². The summed E-state index contributed by atoms with van der Waals surface area (Å²) in [4.78, 5) is 23.1. The first-order valence-corrected chi connectivity index (χ1v) is 10.1. The van der Waals surface area contributed by atoms with Crippen molar-refractivity contribution in [2.75, 3.05) is 13.1 Å². The number of hydrogen-bond acceptors (Lipinski definition) is 7. The predicted octanol–water partition coefficient (Wildman–Crippen LogP) is 2.61. The third-order valence-electron chi connectivity index (χ3n) is 6.60. The number of nitrogens with zero attached hydrogens (tertiary/aromatic N) is 5. The average molecular weight is 371 g/mol. The third kappa shape index (κ3) is 3.26. The smallest absolute Gasteiger partial charge is 0.236 e. The van der Waals surface area contributed by atoms with E-state index in [0.29, 0.717) is 30.7 Å². The molecule has 0 spiro atoms. The molecule has 3 aliphatic rings. The number of carbonyl (C=O) groups is 1. The molecule has 0 aromatic carbocycles. The highest BCUT2D eigenvalue weighted by molar-refractivity contribution is 5.77. The molecule has 3 unspecified atom stereocenters. The molecule has 2 aromatic rings. The van der Waals surface area contributed by atoms with Gasteiger partial charge in [0.2, 0.25) is 17.7 Å². The van der Waals surface area contributed by atoms with Gasteiger partial charge in [-0.25, -0.2) is 0 Å². The van der Waals surface area contributed by atoms with Crippen LogP contribution in [-0.4, -0.2) is 44.2 Å². The summed E-state index contributed by atoms with van der Waals surface area (Å²) in [5, 5.41) is 8.04. The summed E-state index contributed by atoms with van der Waals surface area (Å²) in [6, 6.07) is 0. The van der Waals surface area contributed by atoms with Gasteiger partial charge in [-0.3, -0.25) is 4.79 Å². The normalized spacial score (nSPS) is 28.2. The van der Waals surface area contributed by atoms with E-state index in [4.69, 9.17) is 14.0 Å². The van der Waals surface area contributed by atoms with E-state index in [-0.39, 0.29) is 18.2 Å². The van der Waals surface area contributed by atoms with Gasteiger partial charge < -0.3 is 13.9 Å². The lowest BCUT2D eigenvalue weighted by molar-refractivity contribution is -0.132. The van der Waals surface area contributed by atoms with Crippen LogP contribution in [0.15, 0.2) is 9.05 Å². The van der Waals surface area contributed by atoms with Crippen molar-refractivity contribution in [2.45, 2.75) is 63.7 Å². The van der Waals surface area contributed by atoms with Crippen molar-refractivity contribution >= 4 is 5.91 Å². The Kier molecular flexibility index (Phi) is 4.21. The van der Waals surface area contributed by atoms with Crippen molar-refractivity contribution in [1.29, 1.82) is 0 Å². The molecule has 1 saturated heterocycles. The van der Waals surface area contributed by atoms with Crippen LogP contribution in [-0.2, 0) is 11.2 Å². The van der Waals surface area contributed by atoms with Gasteiger partial charge in [-0.05, 0) is 50.9 Å². The van der Waals surface area contributed by atoms with Crippen LogP contribution in [0.4, 0.5) is 0 Å².